The van der Waals surface area contributed by atoms with Gasteiger partial charge in [-0.05, 0) is 29.8 Å². The van der Waals surface area contributed by atoms with Gasteiger partial charge in [0.05, 0.1) is 24.3 Å². The van der Waals surface area contributed by atoms with Crippen LogP contribution in [0.25, 0.3) is 6.08 Å². The number of anilines is 1. The molecule has 2 rings (SSSR count). The lowest BCUT2D eigenvalue weighted by Crippen LogP contribution is -2.20. The van der Waals surface area contributed by atoms with Gasteiger partial charge in [-0.15, -0.1) is 0 Å². The number of esters is 1. The molecule has 2 aromatic rings. The van der Waals surface area contributed by atoms with E-state index in [-0.39, 0.29) is 10.8 Å². The number of nitrogens with one attached hydrogen (secondary N) is 1. The van der Waals surface area contributed by atoms with Crippen LogP contribution in [-0.4, -0.2) is 37.7 Å². The Morgan fingerprint density at radius 1 is 1.11 bits per heavy atom. The van der Waals surface area contributed by atoms with Crippen molar-refractivity contribution in [3.63, 3.8) is 0 Å². The summed E-state index contributed by atoms with van der Waals surface area (Å²) in [5.74, 6) is 0.00271. The molecular weight excluding hydrogens is 395 g/mol. The number of benzene rings is 1. The summed E-state index contributed by atoms with van der Waals surface area (Å²) < 4.78 is 15.2. The van der Waals surface area contributed by atoms with Crippen molar-refractivity contribution in [3.05, 3.63) is 52.1 Å². The van der Waals surface area contributed by atoms with Crippen LogP contribution < -0.4 is 14.8 Å². The van der Waals surface area contributed by atoms with Crippen LogP contribution in [-0.2, 0) is 14.3 Å². The number of carbonyl (C=O) groups excluding carboxylic acids is 2. The topological polar surface area (TPSA) is 86.8 Å². The van der Waals surface area contributed by atoms with Crippen molar-refractivity contribution in [2.24, 2.45) is 0 Å². The van der Waals surface area contributed by atoms with Crippen molar-refractivity contribution >= 4 is 47.0 Å². The van der Waals surface area contributed by atoms with E-state index in [1.165, 1.54) is 38.6 Å². The Labute approximate surface area is 165 Å². The zero-order valence-corrected chi connectivity index (χ0v) is 16.0. The van der Waals surface area contributed by atoms with E-state index in [1.807, 2.05) is 0 Å². The first-order chi connectivity index (χ1) is 12.9. The number of ether oxygens (including phenoxy) is 3. The molecule has 7 nitrogen and oxygen atoms in total. The molecule has 1 aromatic heterocycles. The molecule has 0 radical (unpaired) electrons. The Morgan fingerprint density at radius 3 is 2.37 bits per heavy atom. The normalized spacial score (nSPS) is 10.5. The van der Waals surface area contributed by atoms with Crippen LogP contribution in [0.4, 0.5) is 5.82 Å². The van der Waals surface area contributed by atoms with Crippen LogP contribution in [0.15, 0.2) is 36.5 Å². The number of pyridine rings is 1. The van der Waals surface area contributed by atoms with E-state index < -0.39 is 18.5 Å². The minimum Gasteiger partial charge on any atom is -0.497 e. The molecule has 9 heteroatoms. The van der Waals surface area contributed by atoms with Crippen LogP contribution in [0.1, 0.15) is 5.56 Å². The largest absolute Gasteiger partial charge is 0.497 e. The molecule has 0 aliphatic heterocycles. The van der Waals surface area contributed by atoms with Crippen LogP contribution >= 0.6 is 23.2 Å². The van der Waals surface area contributed by atoms with Crippen LogP contribution in [0, 0.1) is 0 Å². The molecule has 0 aliphatic carbocycles. The molecule has 0 atom stereocenters. The minimum absolute atomic E-state index is 0.126. The fourth-order valence-electron chi connectivity index (χ4n) is 1.95. The molecule has 27 heavy (non-hydrogen) atoms. The lowest BCUT2D eigenvalue weighted by atomic mass is 10.2. The lowest BCUT2D eigenvalue weighted by Gasteiger charge is -2.07. The second-order valence-electron chi connectivity index (χ2n) is 5.12. The third-order valence-corrected chi connectivity index (χ3v) is 3.69. The maximum absolute atomic E-state index is 11.8. The second kappa shape index (κ2) is 9.80. The Balaban J connectivity index is 1.90. The molecule has 0 bridgehead atoms. The van der Waals surface area contributed by atoms with E-state index in [1.54, 1.807) is 18.2 Å². The number of aromatic nitrogens is 1. The Morgan fingerprint density at radius 2 is 1.78 bits per heavy atom. The molecule has 0 saturated heterocycles. The van der Waals surface area contributed by atoms with Crippen molar-refractivity contribution < 1.29 is 23.8 Å². The van der Waals surface area contributed by atoms with Crippen molar-refractivity contribution in [3.8, 4) is 11.5 Å². The van der Waals surface area contributed by atoms with Crippen molar-refractivity contribution in [2.75, 3.05) is 26.1 Å². The van der Waals surface area contributed by atoms with Gasteiger partial charge < -0.3 is 19.5 Å². The smallest absolute Gasteiger partial charge is 0.331 e. The predicted molar refractivity (Wildman–Crippen MR) is 102 cm³/mol. The zero-order valence-electron chi connectivity index (χ0n) is 14.5. The van der Waals surface area contributed by atoms with E-state index in [2.05, 4.69) is 10.3 Å². The third-order valence-electron chi connectivity index (χ3n) is 3.20. The first-order valence-corrected chi connectivity index (χ1v) is 8.35. The molecule has 1 heterocycles. The standard InChI is InChI=1S/C18H16Cl2N2O5/c1-25-13-5-11(6-14(8-13)26-2)3-4-17(24)27-10-16(23)22-18-15(20)7-12(19)9-21-18/h3-9H,10H2,1-2H3,(H,21,22,23)/b4-3+. The van der Waals surface area contributed by atoms with E-state index in [9.17, 15) is 9.59 Å². The summed E-state index contributed by atoms with van der Waals surface area (Å²) in [4.78, 5) is 27.5. The molecule has 0 aliphatic rings. The van der Waals surface area contributed by atoms with E-state index >= 15 is 0 Å². The van der Waals surface area contributed by atoms with Gasteiger partial charge in [-0.3, -0.25) is 4.79 Å². The summed E-state index contributed by atoms with van der Waals surface area (Å²) in [5.41, 5.74) is 0.671. The van der Waals surface area contributed by atoms with Crippen LogP contribution in [0.3, 0.4) is 0 Å². The highest BCUT2D eigenvalue weighted by atomic mass is 35.5. The summed E-state index contributed by atoms with van der Waals surface area (Å²) in [6.45, 7) is -0.495. The van der Waals surface area contributed by atoms with E-state index in [0.717, 1.165) is 0 Å². The zero-order chi connectivity index (χ0) is 19.8. The highest BCUT2D eigenvalue weighted by molar-refractivity contribution is 6.36. The highest BCUT2D eigenvalue weighted by Gasteiger charge is 2.10. The maximum Gasteiger partial charge on any atom is 0.331 e. The fraction of sp³-hybridized carbons (Fsp3) is 0.167. The molecule has 0 fully saturated rings. The SMILES string of the molecule is COc1cc(/C=C/C(=O)OCC(=O)Nc2ncc(Cl)cc2Cl)cc(OC)c1. The predicted octanol–water partition coefficient (Wildman–Crippen LogP) is 3.60. The van der Waals surface area contributed by atoms with Crippen LogP contribution in [0.2, 0.25) is 10.0 Å². The number of nitrogens with zero attached hydrogens (tertiary/aromatic N) is 1. The number of hydrogen-bond acceptors (Lipinski definition) is 6. The first kappa shape index (κ1) is 20.5. The highest BCUT2D eigenvalue weighted by Crippen LogP contribution is 2.23. The number of hydrogen-bond donors (Lipinski definition) is 1. The number of amides is 1. The third kappa shape index (κ3) is 6.47. The number of rotatable bonds is 7. The van der Waals surface area contributed by atoms with E-state index in [0.29, 0.717) is 22.1 Å². The number of halogens is 2. The van der Waals surface area contributed by atoms with Crippen molar-refractivity contribution in [2.45, 2.75) is 0 Å². The van der Waals surface area contributed by atoms with Gasteiger partial charge >= 0.3 is 5.97 Å². The Hall–Kier alpha value is -2.77. The van der Waals surface area contributed by atoms with Gasteiger partial charge in [-0.2, -0.15) is 0 Å². The minimum atomic E-state index is -0.693. The van der Waals surface area contributed by atoms with Gasteiger partial charge in [0.25, 0.3) is 5.91 Å². The summed E-state index contributed by atoms with van der Waals surface area (Å²) in [5, 5.41) is 2.93. The van der Waals surface area contributed by atoms with Gasteiger partial charge in [-0.1, -0.05) is 23.2 Å². The molecule has 1 N–H and O–H groups in total. The first-order valence-electron chi connectivity index (χ1n) is 7.60. The van der Waals surface area contributed by atoms with Crippen molar-refractivity contribution in [1.82, 2.24) is 4.98 Å². The van der Waals surface area contributed by atoms with E-state index in [4.69, 9.17) is 37.4 Å². The Bertz CT molecular complexity index is 849. The lowest BCUT2D eigenvalue weighted by molar-refractivity contribution is -0.142. The summed E-state index contributed by atoms with van der Waals surface area (Å²) >= 11 is 11.6. The molecule has 0 unspecified atom stereocenters. The van der Waals surface area contributed by atoms with Crippen molar-refractivity contribution in [1.29, 1.82) is 0 Å². The van der Waals surface area contributed by atoms with Gasteiger partial charge in [0.2, 0.25) is 0 Å². The summed E-state index contributed by atoms with van der Waals surface area (Å²) in [6, 6.07) is 6.57. The molecule has 1 amide bonds. The quantitative estimate of drug-likeness (QED) is 0.554. The molecule has 0 saturated carbocycles. The monoisotopic (exact) mass is 410 g/mol. The molecule has 0 spiro atoms. The van der Waals surface area contributed by atoms with Crippen LogP contribution in [0.5, 0.6) is 11.5 Å². The fourth-order valence-corrected chi connectivity index (χ4v) is 2.38. The molecule has 142 valence electrons. The summed E-state index contributed by atoms with van der Waals surface area (Å²) in [6.07, 6.45) is 4.04. The van der Waals surface area contributed by atoms with Gasteiger partial charge in [-0.25, -0.2) is 9.78 Å². The van der Waals surface area contributed by atoms with Gasteiger partial charge in [0.15, 0.2) is 12.4 Å². The van der Waals surface area contributed by atoms with Gasteiger partial charge in [0, 0.05) is 18.3 Å². The Kier molecular flexibility index (Phi) is 7.45. The van der Waals surface area contributed by atoms with Gasteiger partial charge in [0.1, 0.15) is 11.5 Å². The molecule has 1 aromatic carbocycles. The summed E-state index contributed by atoms with van der Waals surface area (Å²) in [7, 11) is 3.05. The maximum atomic E-state index is 11.8. The average Bonchev–Trinajstić information content (AvgIpc) is 2.66. The molecular formula is C18H16Cl2N2O5. The number of carbonyl (C=O) groups is 2. The second-order valence-corrected chi connectivity index (χ2v) is 5.96. The number of methoxy groups -OCH3 is 2. The average molecular weight is 411 g/mol.